The first-order valence-electron chi connectivity index (χ1n) is 9.74. The number of ether oxygens (including phenoxy) is 1. The monoisotopic (exact) mass is 431 g/mol. The number of amides is 2. The van der Waals surface area contributed by atoms with Crippen LogP contribution in [0.5, 0.6) is 5.75 Å². The first-order valence-corrected chi connectivity index (χ1v) is 11.3. The lowest BCUT2D eigenvalue weighted by Crippen LogP contribution is -2.39. The summed E-state index contributed by atoms with van der Waals surface area (Å²) in [4.78, 5) is 26.3. The van der Waals surface area contributed by atoms with Crippen LogP contribution in [0.1, 0.15) is 25.3 Å². The second kappa shape index (κ2) is 9.38. The average Bonchev–Trinajstić information content (AvgIpc) is 3.00. The van der Waals surface area contributed by atoms with E-state index in [0.717, 1.165) is 12.0 Å². The molecule has 2 aromatic carbocycles. The zero-order chi connectivity index (χ0) is 21.7. The Hall–Kier alpha value is -2.75. The number of rotatable bonds is 9. The molecule has 2 aromatic rings. The predicted molar refractivity (Wildman–Crippen MR) is 113 cm³/mol. The summed E-state index contributed by atoms with van der Waals surface area (Å²) in [7, 11) is -3.72. The van der Waals surface area contributed by atoms with Crippen molar-refractivity contribution in [2.24, 2.45) is 5.14 Å². The highest BCUT2D eigenvalue weighted by molar-refractivity contribution is 7.89. The number of hydrogen-bond acceptors (Lipinski definition) is 6. The standard InChI is InChI=1S/C21H25N3O5S/c1-2-13-29-17-7-5-16(6-8-17)24-20(25)14-19(21(24)26)23-12-11-15-3-9-18(10-4-15)30(22,27)28/h3-10,19,23H,2,11-14H2,1H3,(H2,22,27,28). The Labute approximate surface area is 176 Å². The molecule has 0 spiro atoms. The van der Waals surface area contributed by atoms with Gasteiger partial charge in [-0.1, -0.05) is 19.1 Å². The number of nitrogens with two attached hydrogens (primary N) is 1. The van der Waals surface area contributed by atoms with Crippen molar-refractivity contribution < 1.29 is 22.7 Å². The normalized spacial score (nSPS) is 16.9. The SMILES string of the molecule is CCCOc1ccc(N2C(=O)CC(NCCc3ccc(S(N)(=O)=O)cc3)C2=O)cc1. The van der Waals surface area contributed by atoms with E-state index in [9.17, 15) is 18.0 Å². The Bertz CT molecular complexity index is 1000. The molecule has 3 N–H and O–H groups in total. The van der Waals surface area contributed by atoms with E-state index >= 15 is 0 Å². The number of hydrogen-bond donors (Lipinski definition) is 2. The summed E-state index contributed by atoms with van der Waals surface area (Å²) < 4.78 is 28.1. The number of primary sulfonamides is 1. The molecule has 1 unspecified atom stereocenters. The summed E-state index contributed by atoms with van der Waals surface area (Å²) in [5.41, 5.74) is 1.42. The molecular weight excluding hydrogens is 406 g/mol. The molecule has 1 aliphatic heterocycles. The van der Waals surface area contributed by atoms with E-state index in [1.165, 1.54) is 17.0 Å². The van der Waals surface area contributed by atoms with Gasteiger partial charge in [0.05, 0.1) is 29.7 Å². The summed E-state index contributed by atoms with van der Waals surface area (Å²) in [6.45, 7) is 3.09. The summed E-state index contributed by atoms with van der Waals surface area (Å²) in [5.74, 6) is 0.159. The first-order chi connectivity index (χ1) is 14.3. The Morgan fingerprint density at radius 3 is 2.37 bits per heavy atom. The fraction of sp³-hybridized carbons (Fsp3) is 0.333. The van der Waals surface area contributed by atoms with Crippen molar-refractivity contribution >= 4 is 27.5 Å². The van der Waals surface area contributed by atoms with Gasteiger partial charge in [-0.15, -0.1) is 0 Å². The largest absolute Gasteiger partial charge is 0.494 e. The van der Waals surface area contributed by atoms with Gasteiger partial charge in [-0.25, -0.2) is 18.5 Å². The molecule has 0 saturated carbocycles. The van der Waals surface area contributed by atoms with Gasteiger partial charge in [0.1, 0.15) is 5.75 Å². The molecule has 0 radical (unpaired) electrons. The van der Waals surface area contributed by atoms with Crippen molar-refractivity contribution in [3.63, 3.8) is 0 Å². The van der Waals surface area contributed by atoms with Crippen molar-refractivity contribution in [3.05, 3.63) is 54.1 Å². The smallest absolute Gasteiger partial charge is 0.251 e. The number of carbonyl (C=O) groups excluding carboxylic acids is 2. The molecule has 3 rings (SSSR count). The second-order valence-corrected chi connectivity index (χ2v) is 8.62. The van der Waals surface area contributed by atoms with E-state index in [1.807, 2.05) is 6.92 Å². The molecule has 1 aliphatic rings. The molecule has 1 heterocycles. The molecule has 9 heteroatoms. The molecule has 2 amide bonds. The van der Waals surface area contributed by atoms with Crippen LogP contribution in [0, 0.1) is 0 Å². The number of imide groups is 1. The summed E-state index contributed by atoms with van der Waals surface area (Å²) >= 11 is 0. The van der Waals surface area contributed by atoms with Gasteiger partial charge in [-0.3, -0.25) is 9.59 Å². The van der Waals surface area contributed by atoms with E-state index < -0.39 is 16.1 Å². The van der Waals surface area contributed by atoms with Crippen LogP contribution in [0.25, 0.3) is 0 Å². The molecule has 0 aromatic heterocycles. The predicted octanol–water partition coefficient (Wildman–Crippen LogP) is 1.59. The van der Waals surface area contributed by atoms with Crippen LogP contribution in [0.2, 0.25) is 0 Å². The maximum atomic E-state index is 12.7. The van der Waals surface area contributed by atoms with Gasteiger partial charge in [-0.05, 0) is 61.3 Å². The molecule has 1 atom stereocenters. The lowest BCUT2D eigenvalue weighted by Gasteiger charge is -2.16. The lowest BCUT2D eigenvalue weighted by molar-refractivity contribution is -0.121. The average molecular weight is 432 g/mol. The summed E-state index contributed by atoms with van der Waals surface area (Å²) in [6.07, 6.45) is 1.57. The second-order valence-electron chi connectivity index (χ2n) is 7.06. The first kappa shape index (κ1) is 21.9. The number of sulfonamides is 1. The van der Waals surface area contributed by atoms with Crippen molar-refractivity contribution in [2.75, 3.05) is 18.1 Å². The van der Waals surface area contributed by atoms with Crippen LogP contribution in [0.4, 0.5) is 5.69 Å². The molecule has 30 heavy (non-hydrogen) atoms. The lowest BCUT2D eigenvalue weighted by atomic mass is 10.1. The zero-order valence-electron chi connectivity index (χ0n) is 16.7. The van der Waals surface area contributed by atoms with Gasteiger partial charge in [0.15, 0.2) is 0 Å². The van der Waals surface area contributed by atoms with E-state index in [4.69, 9.17) is 9.88 Å². The number of nitrogens with zero attached hydrogens (tertiary/aromatic N) is 1. The fourth-order valence-corrected chi connectivity index (χ4v) is 3.73. The Balaban J connectivity index is 1.56. The van der Waals surface area contributed by atoms with E-state index in [1.54, 1.807) is 36.4 Å². The zero-order valence-corrected chi connectivity index (χ0v) is 17.5. The minimum absolute atomic E-state index is 0.0533. The van der Waals surface area contributed by atoms with Crippen LogP contribution in [-0.2, 0) is 26.0 Å². The van der Waals surface area contributed by atoms with Gasteiger partial charge >= 0.3 is 0 Å². The van der Waals surface area contributed by atoms with Crippen molar-refractivity contribution in [2.45, 2.75) is 37.1 Å². The van der Waals surface area contributed by atoms with Crippen LogP contribution in [-0.4, -0.2) is 39.4 Å². The Morgan fingerprint density at radius 1 is 1.10 bits per heavy atom. The van der Waals surface area contributed by atoms with Crippen LogP contribution in [0.15, 0.2) is 53.4 Å². The van der Waals surface area contributed by atoms with Gasteiger partial charge in [0.2, 0.25) is 15.9 Å². The number of anilines is 1. The third-order valence-corrected chi connectivity index (χ3v) is 5.70. The van der Waals surface area contributed by atoms with Gasteiger partial charge in [0, 0.05) is 0 Å². The number of nitrogens with one attached hydrogen (secondary N) is 1. The van der Waals surface area contributed by atoms with E-state index in [0.29, 0.717) is 31.0 Å². The van der Waals surface area contributed by atoms with Gasteiger partial charge in [-0.2, -0.15) is 0 Å². The van der Waals surface area contributed by atoms with E-state index in [-0.39, 0.29) is 23.1 Å². The highest BCUT2D eigenvalue weighted by atomic mass is 32.2. The maximum absolute atomic E-state index is 12.7. The Kier molecular flexibility index (Phi) is 6.86. The van der Waals surface area contributed by atoms with Crippen molar-refractivity contribution in [1.82, 2.24) is 5.32 Å². The third kappa shape index (κ3) is 5.24. The van der Waals surface area contributed by atoms with Crippen molar-refractivity contribution in [1.29, 1.82) is 0 Å². The molecule has 0 aliphatic carbocycles. The third-order valence-electron chi connectivity index (χ3n) is 4.77. The molecule has 160 valence electrons. The highest BCUT2D eigenvalue weighted by Crippen LogP contribution is 2.25. The minimum atomic E-state index is -3.72. The highest BCUT2D eigenvalue weighted by Gasteiger charge is 2.39. The molecule has 8 nitrogen and oxygen atoms in total. The van der Waals surface area contributed by atoms with Crippen LogP contribution >= 0.6 is 0 Å². The van der Waals surface area contributed by atoms with Gasteiger partial charge < -0.3 is 10.1 Å². The van der Waals surface area contributed by atoms with E-state index in [2.05, 4.69) is 5.32 Å². The van der Waals surface area contributed by atoms with Crippen molar-refractivity contribution in [3.8, 4) is 5.75 Å². The quantitative estimate of drug-likeness (QED) is 0.582. The molecule has 1 saturated heterocycles. The summed E-state index contributed by atoms with van der Waals surface area (Å²) in [6, 6.07) is 12.6. The summed E-state index contributed by atoms with van der Waals surface area (Å²) in [5, 5.41) is 8.20. The minimum Gasteiger partial charge on any atom is -0.494 e. The fourth-order valence-electron chi connectivity index (χ4n) is 3.21. The molecule has 1 fully saturated rings. The number of benzene rings is 2. The Morgan fingerprint density at radius 2 is 1.77 bits per heavy atom. The van der Waals surface area contributed by atoms with Crippen LogP contribution in [0.3, 0.4) is 0 Å². The number of carbonyl (C=O) groups is 2. The molecule has 0 bridgehead atoms. The molecular formula is C21H25N3O5S. The topological polar surface area (TPSA) is 119 Å². The maximum Gasteiger partial charge on any atom is 0.251 e. The van der Waals surface area contributed by atoms with Gasteiger partial charge in [0.25, 0.3) is 5.91 Å². The van der Waals surface area contributed by atoms with Crippen LogP contribution < -0.4 is 20.1 Å².